The molecule has 0 atom stereocenters. The van der Waals surface area contributed by atoms with Gasteiger partial charge in [-0.05, 0) is 42.9 Å². The van der Waals surface area contributed by atoms with E-state index in [2.05, 4.69) is 30.1 Å². The zero-order valence-electron chi connectivity index (χ0n) is 14.0. The molecule has 0 unspecified atom stereocenters. The molecule has 1 heterocycles. The van der Waals surface area contributed by atoms with Crippen LogP contribution >= 0.6 is 0 Å². The fraction of sp³-hybridized carbons (Fsp3) is 0.389. The Morgan fingerprint density at radius 1 is 1.22 bits per heavy atom. The van der Waals surface area contributed by atoms with Gasteiger partial charge >= 0.3 is 0 Å². The zero-order valence-corrected chi connectivity index (χ0v) is 14.0. The number of ether oxygens (including phenoxy) is 1. The number of furan rings is 1. The van der Waals surface area contributed by atoms with Crippen LogP contribution in [0.5, 0.6) is 0 Å². The maximum atomic E-state index is 12.2. The third-order valence-corrected chi connectivity index (χ3v) is 3.66. The Morgan fingerprint density at radius 3 is 2.70 bits per heavy atom. The maximum Gasteiger partial charge on any atom is 0.291 e. The number of hydrogen-bond donors (Lipinski definition) is 1. The van der Waals surface area contributed by atoms with E-state index >= 15 is 0 Å². The van der Waals surface area contributed by atoms with E-state index in [9.17, 15) is 4.79 Å². The lowest BCUT2D eigenvalue weighted by Gasteiger charge is -2.18. The summed E-state index contributed by atoms with van der Waals surface area (Å²) in [6.07, 6.45) is 0. The van der Waals surface area contributed by atoms with Crippen molar-refractivity contribution in [1.82, 2.24) is 4.90 Å². The molecule has 0 aliphatic rings. The number of carbonyl (C=O) groups excluding carboxylic acids is 1. The van der Waals surface area contributed by atoms with E-state index in [-0.39, 0.29) is 11.7 Å². The second kappa shape index (κ2) is 8.50. The van der Waals surface area contributed by atoms with E-state index in [0.717, 1.165) is 25.3 Å². The molecule has 0 bridgehead atoms. The molecular formula is C18H24N2O3. The molecule has 0 radical (unpaired) electrons. The third kappa shape index (κ3) is 4.94. The summed E-state index contributed by atoms with van der Waals surface area (Å²) in [5.41, 5.74) is 1.94. The minimum Gasteiger partial charge on any atom is -0.453 e. The molecule has 1 aromatic heterocycles. The van der Waals surface area contributed by atoms with E-state index in [1.807, 2.05) is 18.2 Å². The Hall–Kier alpha value is -2.11. The number of hydrogen-bond acceptors (Lipinski definition) is 4. The van der Waals surface area contributed by atoms with Crippen LogP contribution in [-0.4, -0.2) is 31.0 Å². The number of amides is 1. The smallest absolute Gasteiger partial charge is 0.291 e. The lowest BCUT2D eigenvalue weighted by atomic mass is 10.2. The molecule has 1 aromatic carbocycles. The Labute approximate surface area is 137 Å². The SMILES string of the molecule is CCN(CC)Cc1cccc(NC(=O)c2ccc(COC)o2)c1. The summed E-state index contributed by atoms with van der Waals surface area (Å²) >= 11 is 0. The van der Waals surface area contributed by atoms with Gasteiger partial charge in [0, 0.05) is 19.3 Å². The zero-order chi connectivity index (χ0) is 16.7. The van der Waals surface area contributed by atoms with Gasteiger partial charge in [-0.3, -0.25) is 9.69 Å². The van der Waals surface area contributed by atoms with Gasteiger partial charge in [0.1, 0.15) is 12.4 Å². The first-order chi connectivity index (χ1) is 11.2. The molecule has 0 saturated carbocycles. The van der Waals surface area contributed by atoms with Crippen molar-refractivity contribution in [2.45, 2.75) is 27.0 Å². The predicted octanol–water partition coefficient (Wildman–Crippen LogP) is 3.52. The van der Waals surface area contributed by atoms with Crippen molar-refractivity contribution in [3.05, 3.63) is 53.5 Å². The summed E-state index contributed by atoms with van der Waals surface area (Å²) in [4.78, 5) is 14.5. The Balaban J connectivity index is 2.02. The molecule has 0 aliphatic carbocycles. The largest absolute Gasteiger partial charge is 0.453 e. The first kappa shape index (κ1) is 17.2. The highest BCUT2D eigenvalue weighted by atomic mass is 16.5. The molecule has 124 valence electrons. The standard InChI is InChI=1S/C18H24N2O3/c1-4-20(5-2)12-14-7-6-8-15(11-14)19-18(21)17-10-9-16(23-17)13-22-3/h6-11H,4-5,12-13H2,1-3H3,(H,19,21). The van der Waals surface area contributed by atoms with Crippen LogP contribution in [0.3, 0.4) is 0 Å². The van der Waals surface area contributed by atoms with Gasteiger partial charge in [-0.25, -0.2) is 0 Å². The molecular weight excluding hydrogens is 292 g/mol. The molecule has 23 heavy (non-hydrogen) atoms. The van der Waals surface area contributed by atoms with Crippen LogP contribution in [0, 0.1) is 0 Å². The number of rotatable bonds is 8. The summed E-state index contributed by atoms with van der Waals surface area (Å²) in [7, 11) is 1.59. The monoisotopic (exact) mass is 316 g/mol. The van der Waals surface area contributed by atoms with Gasteiger partial charge in [0.25, 0.3) is 5.91 Å². The molecule has 2 rings (SSSR count). The third-order valence-electron chi connectivity index (χ3n) is 3.66. The quantitative estimate of drug-likeness (QED) is 0.809. The van der Waals surface area contributed by atoms with Crippen molar-refractivity contribution in [2.24, 2.45) is 0 Å². The van der Waals surface area contributed by atoms with Crippen molar-refractivity contribution >= 4 is 11.6 Å². The van der Waals surface area contributed by atoms with Crippen LogP contribution in [0.4, 0.5) is 5.69 Å². The Bertz CT molecular complexity index is 633. The first-order valence-electron chi connectivity index (χ1n) is 7.86. The molecule has 0 spiro atoms. The maximum absolute atomic E-state index is 12.2. The van der Waals surface area contributed by atoms with Gasteiger partial charge in [0.05, 0.1) is 0 Å². The summed E-state index contributed by atoms with van der Waals surface area (Å²) < 4.78 is 10.4. The van der Waals surface area contributed by atoms with Gasteiger partial charge in [0.2, 0.25) is 0 Å². The Morgan fingerprint density at radius 2 is 2.00 bits per heavy atom. The topological polar surface area (TPSA) is 54.7 Å². The van der Waals surface area contributed by atoms with E-state index in [0.29, 0.717) is 12.4 Å². The van der Waals surface area contributed by atoms with Gasteiger partial charge in [-0.15, -0.1) is 0 Å². The highest BCUT2D eigenvalue weighted by molar-refractivity contribution is 6.02. The van der Waals surface area contributed by atoms with Crippen LogP contribution in [0.25, 0.3) is 0 Å². The summed E-state index contributed by atoms with van der Waals surface area (Å²) in [5, 5.41) is 2.87. The molecule has 5 nitrogen and oxygen atoms in total. The lowest BCUT2D eigenvalue weighted by molar-refractivity contribution is 0.0987. The van der Waals surface area contributed by atoms with Crippen LogP contribution in [-0.2, 0) is 17.9 Å². The van der Waals surface area contributed by atoms with Gasteiger partial charge < -0.3 is 14.5 Å². The van der Waals surface area contributed by atoms with Crippen molar-refractivity contribution in [3.63, 3.8) is 0 Å². The molecule has 0 saturated heterocycles. The number of anilines is 1. The Kier molecular flexibility index (Phi) is 6.38. The van der Waals surface area contributed by atoms with Crippen molar-refractivity contribution in [3.8, 4) is 0 Å². The second-order valence-electron chi connectivity index (χ2n) is 5.31. The van der Waals surface area contributed by atoms with Crippen molar-refractivity contribution < 1.29 is 13.9 Å². The summed E-state index contributed by atoms with van der Waals surface area (Å²) in [5.74, 6) is 0.659. The van der Waals surface area contributed by atoms with Crippen LogP contribution in [0.1, 0.15) is 35.7 Å². The fourth-order valence-electron chi connectivity index (χ4n) is 2.37. The normalized spacial score (nSPS) is 11.0. The van der Waals surface area contributed by atoms with Crippen LogP contribution < -0.4 is 5.32 Å². The van der Waals surface area contributed by atoms with E-state index in [4.69, 9.17) is 9.15 Å². The molecule has 5 heteroatoms. The van der Waals surface area contributed by atoms with Crippen LogP contribution in [0.2, 0.25) is 0 Å². The van der Waals surface area contributed by atoms with E-state index in [1.165, 1.54) is 5.56 Å². The molecule has 0 fully saturated rings. The fourth-order valence-corrected chi connectivity index (χ4v) is 2.37. The number of benzene rings is 1. The summed E-state index contributed by atoms with van der Waals surface area (Å²) in [6, 6.07) is 11.3. The molecule has 0 aliphatic heterocycles. The molecule has 1 N–H and O–H groups in total. The number of methoxy groups -OCH3 is 1. The number of carbonyl (C=O) groups is 1. The van der Waals surface area contributed by atoms with Gasteiger partial charge in [-0.1, -0.05) is 26.0 Å². The van der Waals surface area contributed by atoms with E-state index in [1.54, 1.807) is 19.2 Å². The van der Waals surface area contributed by atoms with Crippen molar-refractivity contribution in [1.29, 1.82) is 0 Å². The highest BCUT2D eigenvalue weighted by Gasteiger charge is 2.12. The van der Waals surface area contributed by atoms with Gasteiger partial charge in [-0.2, -0.15) is 0 Å². The second-order valence-corrected chi connectivity index (χ2v) is 5.31. The lowest BCUT2D eigenvalue weighted by Crippen LogP contribution is -2.22. The van der Waals surface area contributed by atoms with Gasteiger partial charge in [0.15, 0.2) is 5.76 Å². The predicted molar refractivity (Wildman–Crippen MR) is 90.4 cm³/mol. The number of nitrogens with zero attached hydrogens (tertiary/aromatic N) is 1. The van der Waals surface area contributed by atoms with E-state index < -0.39 is 0 Å². The minimum atomic E-state index is -0.257. The average molecular weight is 316 g/mol. The van der Waals surface area contributed by atoms with Crippen molar-refractivity contribution in [2.75, 3.05) is 25.5 Å². The molecule has 2 aromatic rings. The first-order valence-corrected chi connectivity index (χ1v) is 7.86. The molecule has 1 amide bonds. The van der Waals surface area contributed by atoms with Crippen LogP contribution in [0.15, 0.2) is 40.8 Å². The summed E-state index contributed by atoms with van der Waals surface area (Å²) in [6.45, 7) is 7.51. The highest BCUT2D eigenvalue weighted by Crippen LogP contribution is 2.15. The minimum absolute atomic E-state index is 0.257. The number of nitrogens with one attached hydrogen (secondary N) is 1. The average Bonchev–Trinajstić information content (AvgIpc) is 3.02.